The van der Waals surface area contributed by atoms with E-state index in [2.05, 4.69) is 12.2 Å². The van der Waals surface area contributed by atoms with Crippen LogP contribution in [0.15, 0.2) is 0 Å². The number of carbonyl (C=O) groups is 1. The van der Waals surface area contributed by atoms with Gasteiger partial charge in [-0.3, -0.25) is 4.79 Å². The Bertz CT molecular complexity index is 168. The number of nitrogens with zero attached hydrogens (tertiary/aromatic N) is 1. The van der Waals surface area contributed by atoms with Crippen molar-refractivity contribution in [2.75, 3.05) is 26.2 Å². The Kier molecular flexibility index (Phi) is 5.56. The second-order valence-electron chi connectivity index (χ2n) is 3.60. The van der Waals surface area contributed by atoms with E-state index < -0.39 is 0 Å². The van der Waals surface area contributed by atoms with Crippen molar-refractivity contribution >= 4 is 5.97 Å². The van der Waals surface area contributed by atoms with Gasteiger partial charge in [0.2, 0.25) is 0 Å². The highest BCUT2D eigenvalue weighted by Gasteiger charge is 2.13. The molecule has 1 saturated heterocycles. The first kappa shape index (κ1) is 11.5. The van der Waals surface area contributed by atoms with Gasteiger partial charge in [-0.05, 0) is 6.42 Å². The van der Waals surface area contributed by atoms with Crippen molar-refractivity contribution in [1.29, 1.82) is 0 Å². The van der Waals surface area contributed by atoms with Crippen molar-refractivity contribution in [2.24, 2.45) is 0 Å². The van der Waals surface area contributed by atoms with Gasteiger partial charge in [-0.2, -0.15) is 0 Å². The summed E-state index contributed by atoms with van der Waals surface area (Å²) in [6.45, 7) is 5.55. The Balaban J connectivity index is 2.06. The Morgan fingerprint density at radius 1 is 1.36 bits per heavy atom. The Morgan fingerprint density at radius 3 is 2.71 bits per heavy atom. The first-order valence-electron chi connectivity index (χ1n) is 5.49. The number of piperazine rings is 1. The molecule has 1 aliphatic rings. The first-order chi connectivity index (χ1) is 6.83. The zero-order chi connectivity index (χ0) is 10.2. The van der Waals surface area contributed by atoms with E-state index in [1.165, 1.54) is 0 Å². The van der Waals surface area contributed by atoms with Crippen LogP contribution in [0.1, 0.15) is 32.6 Å². The van der Waals surface area contributed by atoms with Gasteiger partial charge >= 0.3 is 5.97 Å². The molecule has 1 heterocycles. The third-order valence-corrected chi connectivity index (χ3v) is 2.29. The molecule has 82 valence electrons. The van der Waals surface area contributed by atoms with Gasteiger partial charge in [-0.1, -0.05) is 19.8 Å². The zero-order valence-corrected chi connectivity index (χ0v) is 8.92. The van der Waals surface area contributed by atoms with Crippen LogP contribution >= 0.6 is 0 Å². The Hall–Kier alpha value is -0.610. The van der Waals surface area contributed by atoms with Crippen molar-refractivity contribution < 1.29 is 9.63 Å². The van der Waals surface area contributed by atoms with Crippen LogP contribution in [0.2, 0.25) is 0 Å². The fourth-order valence-electron chi connectivity index (χ4n) is 1.44. The van der Waals surface area contributed by atoms with Gasteiger partial charge in [0.1, 0.15) is 0 Å². The number of carbonyl (C=O) groups excluding carboxylic acids is 1. The summed E-state index contributed by atoms with van der Waals surface area (Å²) >= 11 is 0. The van der Waals surface area contributed by atoms with Crippen LogP contribution in [0.4, 0.5) is 0 Å². The van der Waals surface area contributed by atoms with Crippen molar-refractivity contribution in [1.82, 2.24) is 10.4 Å². The molecule has 1 aliphatic heterocycles. The van der Waals surface area contributed by atoms with Gasteiger partial charge in [0.15, 0.2) is 0 Å². The van der Waals surface area contributed by atoms with Crippen molar-refractivity contribution in [3.05, 3.63) is 0 Å². The van der Waals surface area contributed by atoms with Crippen molar-refractivity contribution in [2.45, 2.75) is 32.6 Å². The van der Waals surface area contributed by atoms with E-state index in [-0.39, 0.29) is 5.97 Å². The molecule has 4 heteroatoms. The molecule has 0 spiro atoms. The summed E-state index contributed by atoms with van der Waals surface area (Å²) < 4.78 is 0. The largest absolute Gasteiger partial charge is 0.368 e. The third-order valence-electron chi connectivity index (χ3n) is 2.29. The second-order valence-corrected chi connectivity index (χ2v) is 3.60. The molecule has 0 aliphatic carbocycles. The van der Waals surface area contributed by atoms with Gasteiger partial charge in [-0.25, -0.2) is 0 Å². The molecule has 0 unspecified atom stereocenters. The third kappa shape index (κ3) is 4.58. The van der Waals surface area contributed by atoms with Gasteiger partial charge < -0.3 is 10.2 Å². The lowest BCUT2D eigenvalue weighted by Gasteiger charge is -2.25. The zero-order valence-electron chi connectivity index (χ0n) is 8.92. The highest BCUT2D eigenvalue weighted by molar-refractivity contribution is 5.68. The molecule has 14 heavy (non-hydrogen) atoms. The van der Waals surface area contributed by atoms with E-state index in [1.807, 2.05) is 0 Å². The lowest BCUT2D eigenvalue weighted by atomic mass is 10.2. The van der Waals surface area contributed by atoms with E-state index in [4.69, 9.17) is 4.84 Å². The normalized spacial score (nSPS) is 18.1. The highest BCUT2D eigenvalue weighted by atomic mass is 16.7. The number of nitrogens with one attached hydrogen (secondary N) is 1. The lowest BCUT2D eigenvalue weighted by molar-refractivity contribution is -0.192. The Morgan fingerprint density at radius 2 is 2.07 bits per heavy atom. The van der Waals surface area contributed by atoms with E-state index in [9.17, 15) is 4.79 Å². The number of unbranched alkanes of at least 4 members (excludes halogenated alkanes) is 2. The maximum Gasteiger partial charge on any atom is 0.325 e. The van der Waals surface area contributed by atoms with Crippen molar-refractivity contribution in [3.8, 4) is 0 Å². The minimum atomic E-state index is -0.0830. The van der Waals surface area contributed by atoms with E-state index in [1.54, 1.807) is 5.06 Å². The minimum absolute atomic E-state index is 0.0830. The summed E-state index contributed by atoms with van der Waals surface area (Å²) in [5, 5.41) is 4.96. The quantitative estimate of drug-likeness (QED) is 0.670. The molecule has 0 amide bonds. The average molecular weight is 200 g/mol. The number of hydroxylamine groups is 2. The molecule has 0 bridgehead atoms. The number of rotatable bonds is 5. The molecule has 1 fully saturated rings. The van der Waals surface area contributed by atoms with Crippen LogP contribution in [0, 0.1) is 0 Å². The van der Waals surface area contributed by atoms with E-state index >= 15 is 0 Å². The maximum atomic E-state index is 11.3. The predicted octanol–water partition coefficient (Wildman–Crippen LogP) is 0.930. The van der Waals surface area contributed by atoms with E-state index in [0.717, 1.165) is 45.4 Å². The lowest BCUT2D eigenvalue weighted by Crippen LogP contribution is -2.44. The summed E-state index contributed by atoms with van der Waals surface area (Å²) in [7, 11) is 0. The topological polar surface area (TPSA) is 41.6 Å². The number of hydrogen-bond acceptors (Lipinski definition) is 4. The maximum absolute atomic E-state index is 11.3. The molecule has 1 rings (SSSR count). The summed E-state index contributed by atoms with van der Waals surface area (Å²) in [6, 6.07) is 0. The predicted molar refractivity (Wildman–Crippen MR) is 54.7 cm³/mol. The van der Waals surface area contributed by atoms with Gasteiger partial charge in [0.05, 0.1) is 0 Å². The molecule has 4 nitrogen and oxygen atoms in total. The van der Waals surface area contributed by atoms with Crippen LogP contribution < -0.4 is 5.32 Å². The van der Waals surface area contributed by atoms with Crippen LogP contribution in [0.3, 0.4) is 0 Å². The van der Waals surface area contributed by atoms with Gasteiger partial charge in [0.25, 0.3) is 0 Å². The standard InChI is InChI=1S/C10H20N2O2/c1-2-3-4-5-10(13)14-12-8-6-11-7-9-12/h11H,2-9H2,1H3. The molecule has 0 radical (unpaired) electrons. The molecule has 0 atom stereocenters. The minimum Gasteiger partial charge on any atom is -0.368 e. The van der Waals surface area contributed by atoms with Crippen LogP contribution in [0.25, 0.3) is 0 Å². The van der Waals surface area contributed by atoms with Crippen LogP contribution in [-0.2, 0) is 9.63 Å². The summed E-state index contributed by atoms with van der Waals surface area (Å²) in [5.74, 6) is -0.0830. The highest BCUT2D eigenvalue weighted by Crippen LogP contribution is 2.02. The Labute approximate surface area is 85.6 Å². The number of hydrogen-bond donors (Lipinski definition) is 1. The fraction of sp³-hybridized carbons (Fsp3) is 0.900. The molecule has 1 N–H and O–H groups in total. The SMILES string of the molecule is CCCCCC(=O)ON1CCNCC1. The molecular weight excluding hydrogens is 180 g/mol. The van der Waals surface area contributed by atoms with Crippen molar-refractivity contribution in [3.63, 3.8) is 0 Å². The molecular formula is C10H20N2O2. The van der Waals surface area contributed by atoms with Gasteiger partial charge in [0, 0.05) is 32.6 Å². The first-order valence-corrected chi connectivity index (χ1v) is 5.49. The monoisotopic (exact) mass is 200 g/mol. The molecule has 0 aromatic heterocycles. The second kappa shape index (κ2) is 6.79. The van der Waals surface area contributed by atoms with Crippen LogP contribution in [0.5, 0.6) is 0 Å². The smallest absolute Gasteiger partial charge is 0.325 e. The molecule has 0 aromatic carbocycles. The van der Waals surface area contributed by atoms with Crippen LogP contribution in [-0.4, -0.2) is 37.2 Å². The fourth-order valence-corrected chi connectivity index (χ4v) is 1.44. The molecule has 0 saturated carbocycles. The van der Waals surface area contributed by atoms with Gasteiger partial charge in [-0.15, -0.1) is 5.06 Å². The summed E-state index contributed by atoms with van der Waals surface area (Å²) in [4.78, 5) is 16.5. The molecule has 0 aromatic rings. The summed E-state index contributed by atoms with van der Waals surface area (Å²) in [6.07, 6.45) is 3.75. The van der Waals surface area contributed by atoms with E-state index in [0.29, 0.717) is 6.42 Å². The average Bonchev–Trinajstić information content (AvgIpc) is 2.20. The summed E-state index contributed by atoms with van der Waals surface area (Å²) in [5.41, 5.74) is 0.